The van der Waals surface area contributed by atoms with Crippen LogP contribution < -0.4 is 0 Å². The topological polar surface area (TPSA) is 95.2 Å². The summed E-state index contributed by atoms with van der Waals surface area (Å²) in [5, 5.41) is 10.6. The summed E-state index contributed by atoms with van der Waals surface area (Å²) in [5.74, 6) is -0.886. The Balaban J connectivity index is 1.74. The molecule has 0 saturated carbocycles. The first-order valence-electron chi connectivity index (χ1n) is 8.03. The fourth-order valence-electron chi connectivity index (χ4n) is 3.18. The highest BCUT2D eigenvalue weighted by molar-refractivity contribution is 6.09. The van der Waals surface area contributed by atoms with Gasteiger partial charge in [-0.15, -0.1) is 0 Å². The molecule has 2 heterocycles. The average molecular weight is 340 g/mol. The second-order valence-electron chi connectivity index (χ2n) is 6.09. The molecule has 0 spiro atoms. The zero-order chi connectivity index (χ0) is 18.1. The Bertz CT molecular complexity index is 950. The molecule has 0 radical (unpaired) electrons. The van der Waals surface area contributed by atoms with Crippen molar-refractivity contribution in [1.29, 1.82) is 0 Å². The number of aliphatic hydroxyl groups is 1. The van der Waals surface area contributed by atoms with Crippen LogP contribution in [0.1, 0.15) is 50.7 Å². The number of aromatic nitrogens is 2. The number of ketones is 1. The number of Topliss-reactive ketones (excluding diaryl/α,β-unsaturated/α-hetero) is 1. The van der Waals surface area contributed by atoms with Crippen molar-refractivity contribution in [3.63, 3.8) is 0 Å². The zero-order valence-corrected chi connectivity index (χ0v) is 14.3. The minimum Gasteiger partial charge on any atom is -0.453 e. The second kappa shape index (κ2) is 6.57. The van der Waals surface area contributed by atoms with E-state index >= 15 is 0 Å². The van der Waals surface area contributed by atoms with Crippen LogP contribution in [0.4, 0.5) is 0 Å². The molecule has 6 nitrogen and oxygen atoms in total. The highest BCUT2D eigenvalue weighted by atomic mass is 16.5. The van der Waals surface area contributed by atoms with E-state index in [-0.39, 0.29) is 18.1 Å². The molecule has 0 saturated heterocycles. The molecule has 0 aliphatic heterocycles. The van der Waals surface area contributed by atoms with E-state index in [1.165, 1.54) is 0 Å². The van der Waals surface area contributed by atoms with Crippen molar-refractivity contribution in [1.82, 2.24) is 9.97 Å². The Kier molecular flexibility index (Phi) is 4.46. The van der Waals surface area contributed by atoms with Crippen molar-refractivity contribution in [2.75, 3.05) is 6.61 Å². The molecule has 0 unspecified atom stereocenters. The number of para-hydroxylation sites is 1. The van der Waals surface area contributed by atoms with E-state index in [0.717, 1.165) is 10.9 Å². The van der Waals surface area contributed by atoms with Crippen LogP contribution in [-0.2, 0) is 4.74 Å². The quantitative estimate of drug-likeness (QED) is 0.491. The van der Waals surface area contributed by atoms with Gasteiger partial charge in [0.25, 0.3) is 0 Å². The van der Waals surface area contributed by atoms with Gasteiger partial charge in [-0.3, -0.25) is 4.79 Å². The molecular weight excluding hydrogens is 320 g/mol. The lowest BCUT2D eigenvalue weighted by Gasteiger charge is -2.06. The molecule has 0 amide bonds. The number of aliphatic hydroxyl groups excluding tert-OH is 1. The van der Waals surface area contributed by atoms with Gasteiger partial charge in [-0.25, -0.2) is 4.79 Å². The van der Waals surface area contributed by atoms with Crippen molar-refractivity contribution in [3.05, 3.63) is 58.5 Å². The van der Waals surface area contributed by atoms with E-state index in [4.69, 9.17) is 4.74 Å². The summed E-state index contributed by atoms with van der Waals surface area (Å²) in [6.45, 7) is 4.81. The van der Waals surface area contributed by atoms with Gasteiger partial charge in [-0.1, -0.05) is 18.2 Å². The van der Waals surface area contributed by atoms with Gasteiger partial charge in [0.15, 0.2) is 6.61 Å². The molecule has 0 aliphatic rings. The summed E-state index contributed by atoms with van der Waals surface area (Å²) in [6.07, 6.45) is 0.932. The van der Waals surface area contributed by atoms with Crippen LogP contribution in [0.5, 0.6) is 0 Å². The third-order valence-corrected chi connectivity index (χ3v) is 4.34. The molecule has 130 valence electrons. The van der Waals surface area contributed by atoms with Crippen molar-refractivity contribution in [2.45, 2.75) is 26.9 Å². The number of rotatable bonds is 5. The van der Waals surface area contributed by atoms with Gasteiger partial charge in [-0.05, 0) is 32.4 Å². The summed E-state index contributed by atoms with van der Waals surface area (Å²) < 4.78 is 5.18. The molecule has 3 aromatic rings. The fraction of sp³-hybridized carbons (Fsp3) is 0.263. The van der Waals surface area contributed by atoms with E-state index in [0.29, 0.717) is 22.4 Å². The number of esters is 1. The van der Waals surface area contributed by atoms with Gasteiger partial charge in [-0.2, -0.15) is 0 Å². The smallest absolute Gasteiger partial charge is 0.355 e. The summed E-state index contributed by atoms with van der Waals surface area (Å²) >= 11 is 0. The van der Waals surface area contributed by atoms with Gasteiger partial charge in [0.1, 0.15) is 5.69 Å². The number of fused-ring (bicyclic) bond motifs is 1. The molecule has 2 aromatic heterocycles. The summed E-state index contributed by atoms with van der Waals surface area (Å²) in [6, 6.07) is 7.44. The number of hydrogen-bond donors (Lipinski definition) is 3. The monoisotopic (exact) mass is 340 g/mol. The van der Waals surface area contributed by atoms with Gasteiger partial charge in [0.05, 0.1) is 6.10 Å². The van der Waals surface area contributed by atoms with Crippen LogP contribution >= 0.6 is 0 Å². The Hall–Kier alpha value is -2.86. The lowest BCUT2D eigenvalue weighted by molar-refractivity contribution is 0.0469. The number of benzene rings is 1. The summed E-state index contributed by atoms with van der Waals surface area (Å²) in [5.41, 5.74) is 3.64. The molecule has 6 heteroatoms. The first-order chi connectivity index (χ1) is 11.9. The Labute approximate surface area is 144 Å². The Morgan fingerprint density at radius 2 is 1.96 bits per heavy atom. The second-order valence-corrected chi connectivity index (χ2v) is 6.09. The van der Waals surface area contributed by atoms with Crippen LogP contribution in [0.15, 0.2) is 30.5 Å². The number of aromatic amines is 2. The third kappa shape index (κ3) is 3.08. The van der Waals surface area contributed by atoms with E-state index in [2.05, 4.69) is 9.97 Å². The zero-order valence-electron chi connectivity index (χ0n) is 14.3. The maximum atomic E-state index is 12.4. The normalized spacial score (nSPS) is 12.3. The van der Waals surface area contributed by atoms with E-state index in [1.54, 1.807) is 27.0 Å². The molecule has 0 aliphatic carbocycles. The van der Waals surface area contributed by atoms with Crippen LogP contribution in [0.25, 0.3) is 10.9 Å². The highest BCUT2D eigenvalue weighted by Gasteiger charge is 2.22. The lowest BCUT2D eigenvalue weighted by Crippen LogP contribution is -2.15. The van der Waals surface area contributed by atoms with E-state index < -0.39 is 12.1 Å². The first kappa shape index (κ1) is 17.0. The molecule has 1 atom stereocenters. The number of aryl methyl sites for hydroxylation is 1. The van der Waals surface area contributed by atoms with Crippen LogP contribution in [0, 0.1) is 13.8 Å². The third-order valence-electron chi connectivity index (χ3n) is 4.34. The predicted octanol–water partition coefficient (Wildman–Crippen LogP) is 3.21. The first-order valence-corrected chi connectivity index (χ1v) is 8.03. The summed E-state index contributed by atoms with van der Waals surface area (Å²) in [4.78, 5) is 30.6. The fourth-order valence-corrected chi connectivity index (χ4v) is 3.18. The molecule has 1 aromatic carbocycles. The Morgan fingerprint density at radius 1 is 1.24 bits per heavy atom. The van der Waals surface area contributed by atoms with E-state index in [1.807, 2.05) is 24.3 Å². The molecule has 3 N–H and O–H groups in total. The number of carbonyl (C=O) groups is 2. The maximum absolute atomic E-state index is 12.4. The number of nitrogens with one attached hydrogen (secondary N) is 2. The predicted molar refractivity (Wildman–Crippen MR) is 93.8 cm³/mol. The molecular formula is C19H20N2O4. The number of H-pyrrole nitrogens is 2. The number of ether oxygens (including phenoxy) is 1. The minimum absolute atomic E-state index is 0.264. The van der Waals surface area contributed by atoms with Gasteiger partial charge in [0.2, 0.25) is 5.78 Å². The van der Waals surface area contributed by atoms with Crippen LogP contribution in [0.2, 0.25) is 0 Å². The lowest BCUT2D eigenvalue weighted by atomic mass is 10.1. The standard InChI is InChI=1S/C19H20N2O4/c1-10-17(12(3)22)11(2)21-18(10)19(24)25-9-16(23)14-8-20-15-7-5-4-6-13(14)15/h4-8,12,20-22H,9H2,1-3H3/t12-/m1/s1. The molecule has 25 heavy (non-hydrogen) atoms. The van der Waals surface area contributed by atoms with Crippen molar-refractivity contribution in [3.8, 4) is 0 Å². The molecule has 3 rings (SSSR count). The molecule has 0 fully saturated rings. The largest absolute Gasteiger partial charge is 0.453 e. The van der Waals surface area contributed by atoms with Crippen molar-refractivity contribution < 1.29 is 19.4 Å². The highest BCUT2D eigenvalue weighted by Crippen LogP contribution is 2.25. The Morgan fingerprint density at radius 3 is 2.64 bits per heavy atom. The van der Waals surface area contributed by atoms with Crippen molar-refractivity contribution in [2.24, 2.45) is 0 Å². The van der Waals surface area contributed by atoms with Gasteiger partial charge < -0.3 is 19.8 Å². The average Bonchev–Trinajstić information content (AvgIpc) is 3.13. The minimum atomic E-state index is -0.689. The maximum Gasteiger partial charge on any atom is 0.355 e. The van der Waals surface area contributed by atoms with E-state index in [9.17, 15) is 14.7 Å². The summed E-state index contributed by atoms with van der Waals surface area (Å²) in [7, 11) is 0. The van der Waals surface area contributed by atoms with Gasteiger partial charge >= 0.3 is 5.97 Å². The number of hydrogen-bond acceptors (Lipinski definition) is 4. The SMILES string of the molecule is Cc1[nH]c(C(=O)OCC(=O)c2c[nH]c3ccccc23)c(C)c1[C@@H](C)O. The molecule has 0 bridgehead atoms. The van der Waals surface area contributed by atoms with Gasteiger partial charge in [0, 0.05) is 33.9 Å². The van der Waals surface area contributed by atoms with Crippen LogP contribution in [-0.4, -0.2) is 33.4 Å². The number of carbonyl (C=O) groups excluding carboxylic acids is 2. The van der Waals surface area contributed by atoms with Crippen LogP contribution in [0.3, 0.4) is 0 Å². The van der Waals surface area contributed by atoms with Crippen molar-refractivity contribution >= 4 is 22.7 Å².